The number of carbonyl (C=O) groups excluding carboxylic acids is 2. The van der Waals surface area contributed by atoms with E-state index in [-0.39, 0.29) is 48.0 Å². The number of amides is 1. The number of fused-ring (bicyclic) bond motifs is 5. The fourth-order valence-electron chi connectivity index (χ4n) is 5.95. The summed E-state index contributed by atoms with van der Waals surface area (Å²) in [7, 11) is 0. The monoisotopic (exact) mass is 505 g/mol. The molecule has 0 bridgehead atoms. The normalized spacial score (nSPS) is 21.6. The third-order valence-corrected chi connectivity index (χ3v) is 7.96. The predicted octanol–water partition coefficient (Wildman–Crippen LogP) is 2.15. The van der Waals surface area contributed by atoms with Crippen LogP contribution in [0.1, 0.15) is 59.1 Å². The van der Waals surface area contributed by atoms with E-state index in [1.807, 2.05) is 0 Å². The number of hydrogen-bond acceptors (Lipinski definition) is 7. The highest BCUT2D eigenvalue weighted by Crippen LogP contribution is 2.46. The zero-order valence-corrected chi connectivity index (χ0v) is 20.3. The van der Waals surface area contributed by atoms with Gasteiger partial charge in [0.2, 0.25) is 0 Å². The van der Waals surface area contributed by atoms with E-state index in [9.17, 15) is 23.9 Å². The molecule has 3 aliphatic rings. The Hall–Kier alpha value is -3.76. The standard InChI is InChI=1S/C27H24FN3O6/c1-3-27(36)17-6-20-24-15(9-31(20)25(34)16(17)11-37-26(27)35)22-13(8-29-21(33)10-32)4-5-14-12(2)18(28)7-19(30-24)23(14)22/h6-8,13,32,36H,3-5,9-11H2,1-2H3/b29-8+/t13?,27-/m0/s1. The summed E-state index contributed by atoms with van der Waals surface area (Å²) >= 11 is 0. The molecule has 9 nitrogen and oxygen atoms in total. The van der Waals surface area contributed by atoms with Crippen molar-refractivity contribution in [3.05, 3.63) is 61.7 Å². The van der Waals surface area contributed by atoms with Crippen LogP contribution >= 0.6 is 0 Å². The van der Waals surface area contributed by atoms with Gasteiger partial charge in [0, 0.05) is 34.7 Å². The van der Waals surface area contributed by atoms with Crippen molar-refractivity contribution in [3.8, 4) is 11.4 Å². The van der Waals surface area contributed by atoms with E-state index < -0.39 is 24.1 Å². The van der Waals surface area contributed by atoms with Crippen molar-refractivity contribution in [2.75, 3.05) is 6.61 Å². The van der Waals surface area contributed by atoms with E-state index in [2.05, 4.69) is 4.99 Å². The average molecular weight is 506 g/mol. The van der Waals surface area contributed by atoms with Crippen molar-refractivity contribution in [3.63, 3.8) is 0 Å². The van der Waals surface area contributed by atoms with Gasteiger partial charge in [-0.05, 0) is 48.9 Å². The number of nitrogens with zero attached hydrogens (tertiary/aromatic N) is 3. The third-order valence-electron chi connectivity index (χ3n) is 7.96. The number of pyridine rings is 2. The van der Waals surface area contributed by atoms with Gasteiger partial charge in [0.05, 0.1) is 29.0 Å². The number of benzene rings is 1. The Morgan fingerprint density at radius 3 is 2.84 bits per heavy atom. The topological polar surface area (TPSA) is 131 Å². The number of rotatable bonds is 3. The number of aryl methyl sites for hydroxylation is 1. The molecule has 0 fully saturated rings. The van der Waals surface area contributed by atoms with E-state index in [0.29, 0.717) is 35.3 Å². The average Bonchev–Trinajstić information content (AvgIpc) is 3.27. The number of ether oxygens (including phenoxy) is 1. The van der Waals surface area contributed by atoms with E-state index >= 15 is 0 Å². The van der Waals surface area contributed by atoms with Crippen LogP contribution in [0, 0.1) is 12.7 Å². The molecule has 0 saturated heterocycles. The van der Waals surface area contributed by atoms with Gasteiger partial charge < -0.3 is 19.5 Å². The molecule has 2 N–H and O–H groups in total. The van der Waals surface area contributed by atoms with Crippen LogP contribution < -0.4 is 5.56 Å². The molecule has 2 atom stereocenters. The van der Waals surface area contributed by atoms with Crippen LogP contribution in [-0.2, 0) is 39.5 Å². The molecule has 1 aromatic carbocycles. The third kappa shape index (κ3) is 3.18. The molecular weight excluding hydrogens is 481 g/mol. The van der Waals surface area contributed by atoms with Crippen LogP contribution in [0.2, 0.25) is 0 Å². The Morgan fingerprint density at radius 1 is 1.32 bits per heavy atom. The minimum Gasteiger partial charge on any atom is -0.458 e. The summed E-state index contributed by atoms with van der Waals surface area (Å²) in [5.41, 5.74) is 2.31. The predicted molar refractivity (Wildman–Crippen MR) is 131 cm³/mol. The van der Waals surface area contributed by atoms with E-state index in [0.717, 1.165) is 22.1 Å². The first-order chi connectivity index (χ1) is 17.7. The minimum atomic E-state index is -1.95. The summed E-state index contributed by atoms with van der Waals surface area (Å²) in [6.45, 7) is 2.60. The van der Waals surface area contributed by atoms with Gasteiger partial charge in [0.25, 0.3) is 11.5 Å². The molecule has 2 aromatic heterocycles. The van der Waals surface area contributed by atoms with E-state index in [1.165, 1.54) is 16.8 Å². The highest BCUT2D eigenvalue weighted by molar-refractivity contribution is 5.97. The van der Waals surface area contributed by atoms with Crippen molar-refractivity contribution in [1.29, 1.82) is 0 Å². The highest BCUT2D eigenvalue weighted by Gasteiger charge is 2.45. The Bertz CT molecular complexity index is 1640. The lowest BCUT2D eigenvalue weighted by Gasteiger charge is -2.31. The summed E-state index contributed by atoms with van der Waals surface area (Å²) in [6.07, 6.45) is 2.65. The van der Waals surface area contributed by atoms with E-state index in [4.69, 9.17) is 14.8 Å². The van der Waals surface area contributed by atoms with Crippen molar-refractivity contribution >= 4 is 29.0 Å². The number of carbonyl (C=O) groups is 2. The fraction of sp³-hybridized carbons (Fsp3) is 0.370. The molecule has 10 heteroatoms. The Balaban J connectivity index is 1.66. The molecule has 37 heavy (non-hydrogen) atoms. The van der Waals surface area contributed by atoms with Gasteiger partial charge in [-0.1, -0.05) is 6.92 Å². The Morgan fingerprint density at radius 2 is 2.11 bits per heavy atom. The van der Waals surface area contributed by atoms with Crippen molar-refractivity contribution in [1.82, 2.24) is 9.55 Å². The number of cyclic esters (lactones) is 1. The first kappa shape index (κ1) is 23.6. The zero-order valence-electron chi connectivity index (χ0n) is 20.3. The second-order valence-corrected chi connectivity index (χ2v) is 9.79. The maximum Gasteiger partial charge on any atom is 0.343 e. The largest absolute Gasteiger partial charge is 0.458 e. The van der Waals surface area contributed by atoms with Gasteiger partial charge in [0.15, 0.2) is 5.60 Å². The lowest BCUT2D eigenvalue weighted by molar-refractivity contribution is -0.172. The fourth-order valence-corrected chi connectivity index (χ4v) is 5.95. The van der Waals surface area contributed by atoms with Gasteiger partial charge in [-0.25, -0.2) is 19.2 Å². The van der Waals surface area contributed by atoms with Gasteiger partial charge >= 0.3 is 5.97 Å². The SMILES string of the molecule is CC[C@@]1(O)C(=O)OCc2c1cc1n(c2=O)Cc2c-1nc1cc(F)c(C)c3c1c2C(/C=N/C(=O)CO)CC3. The summed E-state index contributed by atoms with van der Waals surface area (Å²) < 4.78 is 21.6. The summed E-state index contributed by atoms with van der Waals surface area (Å²) in [4.78, 5) is 46.4. The van der Waals surface area contributed by atoms with Crippen molar-refractivity contribution in [2.45, 2.75) is 57.8 Å². The van der Waals surface area contributed by atoms with Crippen LogP contribution in [0.3, 0.4) is 0 Å². The molecule has 0 spiro atoms. The van der Waals surface area contributed by atoms with Crippen LogP contribution in [0.15, 0.2) is 21.9 Å². The van der Waals surface area contributed by atoms with Crippen LogP contribution in [-0.4, -0.2) is 44.5 Å². The molecule has 1 unspecified atom stereocenters. The number of aliphatic hydroxyl groups excluding tert-OH is 1. The maximum atomic E-state index is 14.9. The lowest BCUT2D eigenvalue weighted by Crippen LogP contribution is -2.44. The molecule has 3 aromatic rings. The van der Waals surface area contributed by atoms with Crippen LogP contribution in [0.5, 0.6) is 0 Å². The van der Waals surface area contributed by atoms with Crippen molar-refractivity contribution < 1.29 is 28.9 Å². The number of esters is 1. The number of hydrogen-bond donors (Lipinski definition) is 2. The van der Waals surface area contributed by atoms with Crippen molar-refractivity contribution in [2.24, 2.45) is 4.99 Å². The molecule has 1 amide bonds. The van der Waals surface area contributed by atoms with E-state index in [1.54, 1.807) is 19.9 Å². The quantitative estimate of drug-likeness (QED) is 0.322. The molecule has 190 valence electrons. The molecule has 6 rings (SSSR count). The van der Waals surface area contributed by atoms with Gasteiger partial charge in [-0.2, -0.15) is 0 Å². The molecule has 2 aliphatic heterocycles. The molecule has 0 radical (unpaired) electrons. The molecule has 4 heterocycles. The zero-order chi connectivity index (χ0) is 26.2. The summed E-state index contributed by atoms with van der Waals surface area (Å²) in [6, 6.07) is 2.99. The van der Waals surface area contributed by atoms with Gasteiger partial charge in [-0.3, -0.25) is 9.59 Å². The first-order valence-electron chi connectivity index (χ1n) is 12.2. The molecule has 0 saturated carbocycles. The summed E-state index contributed by atoms with van der Waals surface area (Å²) in [5.74, 6) is -2.17. The molecule has 1 aliphatic carbocycles. The first-order valence-corrected chi connectivity index (χ1v) is 12.2. The summed E-state index contributed by atoms with van der Waals surface area (Å²) in [5, 5.41) is 21.0. The second-order valence-electron chi connectivity index (χ2n) is 9.79. The molecular formula is C27H24FN3O6. The van der Waals surface area contributed by atoms with Crippen LogP contribution in [0.4, 0.5) is 4.39 Å². The van der Waals surface area contributed by atoms with Gasteiger partial charge in [0.1, 0.15) is 19.0 Å². The number of aliphatic hydroxyl groups is 2. The Kier molecular flexibility index (Phi) is 5.19. The number of halogens is 1. The maximum absolute atomic E-state index is 14.9. The van der Waals surface area contributed by atoms with Crippen LogP contribution in [0.25, 0.3) is 22.3 Å². The second kappa shape index (κ2) is 8.12. The number of aliphatic imine (C=N–C) groups is 1. The lowest BCUT2D eigenvalue weighted by atomic mass is 9.78. The minimum absolute atomic E-state index is 0.0241. The highest BCUT2D eigenvalue weighted by atomic mass is 19.1. The van der Waals surface area contributed by atoms with Gasteiger partial charge in [-0.15, -0.1) is 0 Å². The Labute approximate surface area is 210 Å². The smallest absolute Gasteiger partial charge is 0.343 e. The number of aromatic nitrogens is 2.